The van der Waals surface area contributed by atoms with Crippen molar-refractivity contribution in [2.24, 2.45) is 0 Å². The van der Waals surface area contributed by atoms with E-state index in [9.17, 15) is 5.11 Å². The van der Waals surface area contributed by atoms with Crippen LogP contribution in [0.2, 0.25) is 0 Å². The molecule has 4 heteroatoms. The molecule has 2 aliphatic heterocycles. The van der Waals surface area contributed by atoms with Crippen LogP contribution < -0.4 is 14.5 Å². The van der Waals surface area contributed by atoms with Gasteiger partial charge in [0.1, 0.15) is 18.1 Å². The summed E-state index contributed by atoms with van der Waals surface area (Å²) in [4.78, 5) is 4.71. The van der Waals surface area contributed by atoms with Gasteiger partial charge in [0.15, 0.2) is 0 Å². The number of nitrogens with zero attached hydrogens (tertiary/aromatic N) is 2. The molecule has 0 saturated heterocycles. The number of hydrogen-bond donors (Lipinski definition) is 1. The second-order valence-electron chi connectivity index (χ2n) is 5.65. The molecule has 0 bridgehead atoms. The number of rotatable bonds is 1. The van der Waals surface area contributed by atoms with Gasteiger partial charge < -0.3 is 19.6 Å². The fourth-order valence-electron chi connectivity index (χ4n) is 3.29. The maximum absolute atomic E-state index is 9.59. The number of likely N-dealkylation sites (N-methyl/N-ethyl adjacent to an activating group) is 1. The molecule has 0 aliphatic carbocycles. The quantitative estimate of drug-likeness (QED) is 0.872. The Labute approximate surface area is 124 Å². The van der Waals surface area contributed by atoms with Crippen LogP contribution in [0, 0.1) is 0 Å². The van der Waals surface area contributed by atoms with E-state index in [4.69, 9.17) is 4.74 Å². The summed E-state index contributed by atoms with van der Waals surface area (Å²) < 4.78 is 5.77. The first kappa shape index (κ1) is 12.4. The minimum atomic E-state index is 0.218. The summed E-state index contributed by atoms with van der Waals surface area (Å²) in [7, 11) is 2.13. The Kier molecular flexibility index (Phi) is 2.70. The van der Waals surface area contributed by atoms with Crippen molar-refractivity contribution >= 4 is 11.4 Å². The van der Waals surface area contributed by atoms with Gasteiger partial charge >= 0.3 is 0 Å². The zero-order valence-corrected chi connectivity index (χ0v) is 12.0. The molecule has 2 aromatic carbocycles. The third-order valence-electron chi connectivity index (χ3n) is 4.41. The van der Waals surface area contributed by atoms with Crippen molar-refractivity contribution in [1.29, 1.82) is 0 Å². The molecule has 0 spiro atoms. The zero-order chi connectivity index (χ0) is 14.4. The van der Waals surface area contributed by atoms with Crippen LogP contribution in [0.15, 0.2) is 42.5 Å². The highest BCUT2D eigenvalue weighted by Crippen LogP contribution is 2.43. The number of para-hydroxylation sites is 2. The van der Waals surface area contributed by atoms with Crippen LogP contribution in [0.5, 0.6) is 11.5 Å². The van der Waals surface area contributed by atoms with Gasteiger partial charge in [0, 0.05) is 31.8 Å². The van der Waals surface area contributed by atoms with Gasteiger partial charge in [-0.3, -0.25) is 0 Å². The summed E-state index contributed by atoms with van der Waals surface area (Å²) >= 11 is 0. The third kappa shape index (κ3) is 1.90. The maximum Gasteiger partial charge on any atom is 0.128 e. The van der Waals surface area contributed by atoms with Crippen molar-refractivity contribution in [2.75, 3.05) is 36.5 Å². The average molecular weight is 282 g/mol. The molecule has 2 heterocycles. The number of phenolic OH excluding ortho intramolecular Hbond substituents is 1. The van der Waals surface area contributed by atoms with E-state index in [1.807, 2.05) is 6.07 Å². The number of benzene rings is 2. The summed E-state index contributed by atoms with van der Waals surface area (Å²) in [6, 6.07) is 14.1. The van der Waals surface area contributed by atoms with Gasteiger partial charge in [-0.05, 0) is 24.3 Å². The highest BCUT2D eigenvalue weighted by molar-refractivity contribution is 5.74. The van der Waals surface area contributed by atoms with Crippen LogP contribution >= 0.6 is 0 Å². The standard InChI is InChI=1S/C17H18N2O2/c1-18-8-9-19(15-5-3-2-4-14(15)18)16-11-21-17-10-12(20)6-7-13(16)17/h2-7,10,16,20H,8-9,11H2,1H3. The van der Waals surface area contributed by atoms with E-state index in [1.165, 1.54) is 11.4 Å². The lowest BCUT2D eigenvalue weighted by Crippen LogP contribution is -2.41. The Balaban J connectivity index is 1.75. The van der Waals surface area contributed by atoms with E-state index in [-0.39, 0.29) is 11.8 Å². The molecule has 1 unspecified atom stereocenters. The summed E-state index contributed by atoms with van der Waals surface area (Å²) in [6.07, 6.45) is 0. The second kappa shape index (κ2) is 4.58. The fourth-order valence-corrected chi connectivity index (χ4v) is 3.29. The predicted molar refractivity (Wildman–Crippen MR) is 83.4 cm³/mol. The van der Waals surface area contributed by atoms with Gasteiger partial charge in [-0.2, -0.15) is 0 Å². The highest BCUT2D eigenvalue weighted by Gasteiger charge is 2.33. The molecule has 4 rings (SSSR count). The third-order valence-corrected chi connectivity index (χ3v) is 4.41. The molecule has 0 saturated carbocycles. The van der Waals surface area contributed by atoms with Gasteiger partial charge in [-0.1, -0.05) is 12.1 Å². The van der Waals surface area contributed by atoms with E-state index >= 15 is 0 Å². The number of anilines is 2. The first-order valence-electron chi connectivity index (χ1n) is 7.26. The lowest BCUT2D eigenvalue weighted by atomic mass is 10.0. The minimum absolute atomic E-state index is 0.218. The van der Waals surface area contributed by atoms with Crippen molar-refractivity contribution in [1.82, 2.24) is 0 Å². The number of phenols is 1. The molecule has 2 aromatic rings. The molecular formula is C17H18N2O2. The second-order valence-corrected chi connectivity index (χ2v) is 5.65. The van der Waals surface area contributed by atoms with Crippen LogP contribution in [0.4, 0.5) is 11.4 Å². The fraction of sp³-hybridized carbons (Fsp3) is 0.294. The smallest absolute Gasteiger partial charge is 0.128 e. The minimum Gasteiger partial charge on any atom is -0.508 e. The van der Waals surface area contributed by atoms with Crippen molar-refractivity contribution in [3.63, 3.8) is 0 Å². The monoisotopic (exact) mass is 282 g/mol. The molecule has 0 aromatic heterocycles. The Hall–Kier alpha value is -2.36. The summed E-state index contributed by atoms with van der Waals surface area (Å²) in [5, 5.41) is 9.59. The molecule has 4 nitrogen and oxygen atoms in total. The Morgan fingerprint density at radius 2 is 1.90 bits per heavy atom. The average Bonchev–Trinajstić information content (AvgIpc) is 2.91. The Bertz CT molecular complexity index is 686. The van der Waals surface area contributed by atoms with Crippen LogP contribution in [0.25, 0.3) is 0 Å². The van der Waals surface area contributed by atoms with E-state index in [2.05, 4.69) is 41.1 Å². The molecule has 0 amide bonds. The van der Waals surface area contributed by atoms with E-state index in [0.717, 1.165) is 24.4 Å². The summed E-state index contributed by atoms with van der Waals surface area (Å²) in [5.41, 5.74) is 3.67. The van der Waals surface area contributed by atoms with Crippen LogP contribution in [0.3, 0.4) is 0 Å². The number of fused-ring (bicyclic) bond motifs is 2. The molecule has 0 fully saturated rings. The largest absolute Gasteiger partial charge is 0.508 e. The molecule has 1 atom stereocenters. The number of ether oxygens (including phenoxy) is 1. The topological polar surface area (TPSA) is 35.9 Å². The highest BCUT2D eigenvalue weighted by atomic mass is 16.5. The van der Waals surface area contributed by atoms with Gasteiger partial charge in [-0.15, -0.1) is 0 Å². The Morgan fingerprint density at radius 3 is 2.76 bits per heavy atom. The first-order chi connectivity index (χ1) is 10.2. The summed E-state index contributed by atoms with van der Waals surface area (Å²) in [6.45, 7) is 2.61. The normalized spacial score (nSPS) is 20.0. The zero-order valence-electron chi connectivity index (χ0n) is 12.0. The van der Waals surface area contributed by atoms with Gasteiger partial charge in [0.05, 0.1) is 17.4 Å². The van der Waals surface area contributed by atoms with Crippen molar-refractivity contribution in [3.05, 3.63) is 48.0 Å². The van der Waals surface area contributed by atoms with E-state index < -0.39 is 0 Å². The predicted octanol–water partition coefficient (Wildman–Crippen LogP) is 2.78. The Morgan fingerprint density at radius 1 is 1.10 bits per heavy atom. The molecule has 21 heavy (non-hydrogen) atoms. The molecule has 1 N–H and O–H groups in total. The van der Waals surface area contributed by atoms with Crippen molar-refractivity contribution < 1.29 is 9.84 Å². The first-order valence-corrected chi connectivity index (χ1v) is 7.26. The van der Waals surface area contributed by atoms with Crippen LogP contribution in [0.1, 0.15) is 11.6 Å². The van der Waals surface area contributed by atoms with Gasteiger partial charge in [0.2, 0.25) is 0 Å². The SMILES string of the molecule is CN1CCN(C2COc3cc(O)ccc32)c2ccccc21. The van der Waals surface area contributed by atoms with Crippen LogP contribution in [-0.4, -0.2) is 31.9 Å². The van der Waals surface area contributed by atoms with Crippen LogP contribution in [-0.2, 0) is 0 Å². The summed E-state index contributed by atoms with van der Waals surface area (Å²) in [5.74, 6) is 1.06. The van der Waals surface area contributed by atoms with Gasteiger partial charge in [-0.25, -0.2) is 0 Å². The molecular weight excluding hydrogens is 264 g/mol. The molecule has 108 valence electrons. The van der Waals surface area contributed by atoms with Crippen molar-refractivity contribution in [2.45, 2.75) is 6.04 Å². The maximum atomic E-state index is 9.59. The van der Waals surface area contributed by atoms with E-state index in [1.54, 1.807) is 12.1 Å². The van der Waals surface area contributed by atoms with Crippen molar-refractivity contribution in [3.8, 4) is 11.5 Å². The lowest BCUT2D eigenvalue weighted by Gasteiger charge is -2.40. The number of hydrogen-bond acceptors (Lipinski definition) is 4. The molecule has 0 radical (unpaired) electrons. The molecule has 2 aliphatic rings. The lowest BCUT2D eigenvalue weighted by molar-refractivity contribution is 0.324. The number of aromatic hydroxyl groups is 1. The van der Waals surface area contributed by atoms with E-state index in [0.29, 0.717) is 6.61 Å². The van der Waals surface area contributed by atoms with Gasteiger partial charge in [0.25, 0.3) is 0 Å².